The Balaban J connectivity index is 2.11. The monoisotopic (exact) mass is 204 g/mol. The molecule has 1 heterocycles. The van der Waals surface area contributed by atoms with Gasteiger partial charge in [-0.15, -0.1) is 0 Å². The van der Waals surface area contributed by atoms with Crippen molar-refractivity contribution < 1.29 is 4.79 Å². The highest BCUT2D eigenvalue weighted by Crippen LogP contribution is 2.16. The normalized spacial score (nSPS) is 21.4. The van der Waals surface area contributed by atoms with Gasteiger partial charge < -0.3 is 10.2 Å². The quantitative estimate of drug-likeness (QED) is 0.737. The van der Waals surface area contributed by atoms with Gasteiger partial charge >= 0.3 is 0 Å². The van der Waals surface area contributed by atoms with E-state index in [0.29, 0.717) is 6.04 Å². The highest BCUT2D eigenvalue weighted by Gasteiger charge is 2.15. The van der Waals surface area contributed by atoms with Crippen LogP contribution in [0.4, 0.5) is 5.69 Å². The van der Waals surface area contributed by atoms with Crippen LogP contribution in [0, 0.1) is 0 Å². The van der Waals surface area contributed by atoms with Gasteiger partial charge in [0.15, 0.2) is 0 Å². The first-order valence-electron chi connectivity index (χ1n) is 5.33. The minimum Gasteiger partial charge on any atom is -0.369 e. The zero-order valence-corrected chi connectivity index (χ0v) is 8.94. The highest BCUT2D eigenvalue weighted by molar-refractivity contribution is 5.75. The van der Waals surface area contributed by atoms with Gasteiger partial charge in [-0.3, -0.25) is 4.79 Å². The number of anilines is 1. The zero-order chi connectivity index (χ0) is 10.7. The van der Waals surface area contributed by atoms with Crippen LogP contribution in [0.15, 0.2) is 24.3 Å². The second-order valence-electron chi connectivity index (χ2n) is 4.01. The molecule has 1 unspecified atom stereocenters. The Morgan fingerprint density at radius 2 is 2.13 bits per heavy atom. The van der Waals surface area contributed by atoms with Crippen LogP contribution in [0.2, 0.25) is 0 Å². The van der Waals surface area contributed by atoms with Gasteiger partial charge in [-0.25, -0.2) is 0 Å². The third kappa shape index (κ3) is 2.36. The lowest BCUT2D eigenvalue weighted by atomic mass is 10.1. The molecule has 80 valence electrons. The maximum absolute atomic E-state index is 10.5. The van der Waals surface area contributed by atoms with Gasteiger partial charge in [-0.05, 0) is 31.2 Å². The largest absolute Gasteiger partial charge is 0.369 e. The van der Waals surface area contributed by atoms with E-state index in [-0.39, 0.29) is 0 Å². The summed E-state index contributed by atoms with van der Waals surface area (Å²) in [6.45, 7) is 5.27. The molecule has 3 heteroatoms. The summed E-state index contributed by atoms with van der Waals surface area (Å²) >= 11 is 0. The zero-order valence-electron chi connectivity index (χ0n) is 8.94. The maximum Gasteiger partial charge on any atom is 0.150 e. The maximum atomic E-state index is 10.5. The van der Waals surface area contributed by atoms with Crippen LogP contribution in [0.5, 0.6) is 0 Å². The summed E-state index contributed by atoms with van der Waals surface area (Å²) in [6.07, 6.45) is 0.879. The average Bonchev–Trinajstić information content (AvgIpc) is 2.29. The molecule has 1 aliphatic rings. The Hall–Kier alpha value is -1.35. The first-order valence-corrected chi connectivity index (χ1v) is 5.33. The number of nitrogens with one attached hydrogen (secondary N) is 1. The van der Waals surface area contributed by atoms with Crippen LogP contribution in [-0.4, -0.2) is 32.0 Å². The van der Waals surface area contributed by atoms with Crippen molar-refractivity contribution in [1.29, 1.82) is 0 Å². The Morgan fingerprint density at radius 3 is 2.73 bits per heavy atom. The van der Waals surface area contributed by atoms with Crippen molar-refractivity contribution in [3.05, 3.63) is 29.8 Å². The predicted molar refractivity (Wildman–Crippen MR) is 61.5 cm³/mol. The summed E-state index contributed by atoms with van der Waals surface area (Å²) in [4.78, 5) is 12.9. The number of hydrogen-bond donors (Lipinski definition) is 1. The molecule has 0 aromatic heterocycles. The molecule has 1 aromatic rings. The second-order valence-corrected chi connectivity index (χ2v) is 4.01. The first-order chi connectivity index (χ1) is 7.29. The molecule has 1 aromatic carbocycles. The van der Waals surface area contributed by atoms with Crippen LogP contribution in [-0.2, 0) is 0 Å². The smallest absolute Gasteiger partial charge is 0.150 e. The molecule has 15 heavy (non-hydrogen) atoms. The van der Waals surface area contributed by atoms with Crippen LogP contribution >= 0.6 is 0 Å². The van der Waals surface area contributed by atoms with Crippen molar-refractivity contribution in [1.82, 2.24) is 5.32 Å². The number of carbonyl (C=O) groups is 1. The van der Waals surface area contributed by atoms with E-state index < -0.39 is 0 Å². The lowest BCUT2D eigenvalue weighted by Gasteiger charge is -2.33. The van der Waals surface area contributed by atoms with Crippen LogP contribution in [0.3, 0.4) is 0 Å². The molecule has 0 radical (unpaired) electrons. The van der Waals surface area contributed by atoms with Gasteiger partial charge in [0.2, 0.25) is 0 Å². The van der Waals surface area contributed by atoms with Crippen molar-refractivity contribution in [2.45, 2.75) is 13.0 Å². The fraction of sp³-hybridized carbons (Fsp3) is 0.417. The topological polar surface area (TPSA) is 32.3 Å². The first kappa shape index (κ1) is 10.2. The number of carbonyl (C=O) groups excluding carboxylic acids is 1. The number of benzene rings is 1. The Morgan fingerprint density at radius 1 is 1.40 bits per heavy atom. The SMILES string of the molecule is CC1CN(c2ccc(C=O)cc2)CCN1. The lowest BCUT2D eigenvalue weighted by molar-refractivity contribution is 0.112. The minimum atomic E-state index is 0.532. The van der Waals surface area contributed by atoms with E-state index in [1.807, 2.05) is 24.3 Å². The molecule has 1 aliphatic heterocycles. The number of hydrogen-bond acceptors (Lipinski definition) is 3. The van der Waals surface area contributed by atoms with E-state index in [2.05, 4.69) is 17.1 Å². The predicted octanol–water partition coefficient (Wildman–Crippen LogP) is 1.30. The second kappa shape index (κ2) is 4.45. The number of piperazine rings is 1. The number of aldehydes is 1. The van der Waals surface area contributed by atoms with Crippen LogP contribution < -0.4 is 10.2 Å². The van der Waals surface area contributed by atoms with Crippen molar-refractivity contribution in [3.8, 4) is 0 Å². The van der Waals surface area contributed by atoms with Gasteiger partial charge in [-0.1, -0.05) is 0 Å². The van der Waals surface area contributed by atoms with E-state index in [1.165, 1.54) is 5.69 Å². The molecule has 0 bridgehead atoms. The van der Waals surface area contributed by atoms with Gasteiger partial charge in [0.25, 0.3) is 0 Å². The van der Waals surface area contributed by atoms with Crippen LogP contribution in [0.25, 0.3) is 0 Å². The van der Waals surface area contributed by atoms with Gasteiger partial charge in [0.05, 0.1) is 0 Å². The van der Waals surface area contributed by atoms with Crippen molar-refractivity contribution in [2.24, 2.45) is 0 Å². The fourth-order valence-corrected chi connectivity index (χ4v) is 1.93. The van der Waals surface area contributed by atoms with E-state index >= 15 is 0 Å². The third-order valence-corrected chi connectivity index (χ3v) is 2.76. The summed E-state index contributed by atoms with van der Waals surface area (Å²) in [7, 11) is 0. The lowest BCUT2D eigenvalue weighted by Crippen LogP contribution is -2.49. The molecule has 0 spiro atoms. The average molecular weight is 204 g/mol. The van der Waals surface area contributed by atoms with Crippen molar-refractivity contribution >= 4 is 12.0 Å². The fourth-order valence-electron chi connectivity index (χ4n) is 1.93. The molecular weight excluding hydrogens is 188 g/mol. The molecule has 3 nitrogen and oxygen atoms in total. The molecule has 0 saturated carbocycles. The summed E-state index contributed by atoms with van der Waals surface area (Å²) in [5.74, 6) is 0. The highest BCUT2D eigenvalue weighted by atomic mass is 16.1. The third-order valence-electron chi connectivity index (χ3n) is 2.76. The Kier molecular flexibility index (Phi) is 3.02. The molecule has 1 atom stereocenters. The van der Waals surface area contributed by atoms with Gasteiger partial charge in [0, 0.05) is 36.9 Å². The molecule has 0 amide bonds. The van der Waals surface area contributed by atoms with Crippen LogP contribution in [0.1, 0.15) is 17.3 Å². The number of rotatable bonds is 2. The van der Waals surface area contributed by atoms with Gasteiger partial charge in [0.1, 0.15) is 6.29 Å². The molecule has 0 aliphatic carbocycles. The summed E-state index contributed by atoms with van der Waals surface area (Å²) in [6, 6.07) is 8.30. The molecule has 1 saturated heterocycles. The van der Waals surface area contributed by atoms with E-state index in [4.69, 9.17) is 0 Å². The van der Waals surface area contributed by atoms with E-state index in [0.717, 1.165) is 31.5 Å². The summed E-state index contributed by atoms with van der Waals surface area (Å²) in [5.41, 5.74) is 1.94. The van der Waals surface area contributed by atoms with E-state index in [1.54, 1.807) is 0 Å². The number of nitrogens with zero attached hydrogens (tertiary/aromatic N) is 1. The minimum absolute atomic E-state index is 0.532. The summed E-state index contributed by atoms with van der Waals surface area (Å²) in [5, 5.41) is 3.41. The molecule has 1 N–H and O–H groups in total. The Labute approximate surface area is 90.1 Å². The van der Waals surface area contributed by atoms with Crippen molar-refractivity contribution in [3.63, 3.8) is 0 Å². The van der Waals surface area contributed by atoms with Gasteiger partial charge in [-0.2, -0.15) is 0 Å². The standard InChI is InChI=1S/C12H16N2O/c1-10-8-14(7-6-13-10)12-4-2-11(9-15)3-5-12/h2-5,9-10,13H,6-8H2,1H3. The van der Waals surface area contributed by atoms with E-state index in [9.17, 15) is 4.79 Å². The summed E-state index contributed by atoms with van der Waals surface area (Å²) < 4.78 is 0. The Bertz CT molecular complexity index is 334. The molecular formula is C12H16N2O. The molecule has 1 fully saturated rings. The molecule has 2 rings (SSSR count). The van der Waals surface area contributed by atoms with Crippen molar-refractivity contribution in [2.75, 3.05) is 24.5 Å².